The molecule has 0 heterocycles. The highest BCUT2D eigenvalue weighted by Gasteiger charge is 2.23. The molecule has 0 aliphatic heterocycles. The summed E-state index contributed by atoms with van der Waals surface area (Å²) in [5.41, 5.74) is 1.42. The molecule has 0 atom stereocenters. The van der Waals surface area contributed by atoms with Crippen LogP contribution in [0.2, 0.25) is 5.02 Å². The van der Waals surface area contributed by atoms with Gasteiger partial charge in [-0.1, -0.05) is 35.9 Å². The number of carbonyl (C=O) groups excluding carboxylic acids is 2. The van der Waals surface area contributed by atoms with Crippen LogP contribution >= 0.6 is 11.6 Å². The lowest BCUT2D eigenvalue weighted by atomic mass is 9.99. The zero-order valence-electron chi connectivity index (χ0n) is 19.0. The Kier molecular flexibility index (Phi) is 7.75. The molecule has 3 aromatic carbocycles. The van der Waals surface area contributed by atoms with E-state index < -0.39 is 11.8 Å². The van der Waals surface area contributed by atoms with Gasteiger partial charge in [-0.25, -0.2) is 4.79 Å². The maximum Gasteiger partial charge on any atom is 0.343 e. The first-order valence-electron chi connectivity index (χ1n) is 10.0. The van der Waals surface area contributed by atoms with Crippen molar-refractivity contribution in [2.24, 2.45) is 10.9 Å². The van der Waals surface area contributed by atoms with E-state index in [4.69, 9.17) is 36.4 Å². The predicted molar refractivity (Wildman–Crippen MR) is 129 cm³/mol. The predicted octanol–water partition coefficient (Wildman–Crippen LogP) is 4.44. The lowest BCUT2D eigenvalue weighted by molar-refractivity contribution is 0.0733. The molecule has 8 nitrogen and oxygen atoms in total. The van der Waals surface area contributed by atoms with E-state index in [1.165, 1.54) is 45.6 Å². The van der Waals surface area contributed by atoms with Gasteiger partial charge in [-0.3, -0.25) is 4.79 Å². The number of esters is 1. The van der Waals surface area contributed by atoms with Crippen molar-refractivity contribution in [2.75, 3.05) is 21.3 Å². The van der Waals surface area contributed by atoms with Gasteiger partial charge in [0.05, 0.1) is 26.9 Å². The second-order valence-corrected chi connectivity index (χ2v) is 7.48. The first-order valence-corrected chi connectivity index (χ1v) is 10.4. The number of Topliss-reactive ketones (excluding diaryl/α,β-unsaturated/α-hetero) is 1. The van der Waals surface area contributed by atoms with E-state index in [2.05, 4.69) is 5.10 Å². The van der Waals surface area contributed by atoms with E-state index in [-0.39, 0.29) is 34.1 Å². The molecule has 0 aliphatic rings. The van der Waals surface area contributed by atoms with E-state index >= 15 is 0 Å². The minimum absolute atomic E-state index is 0.0896. The normalized spacial score (nSPS) is 11.0. The van der Waals surface area contributed by atoms with Gasteiger partial charge in [-0.15, -0.1) is 0 Å². The SMILES string of the molecule is COc1cc(C(=O)Oc2ccccc2/C(=N\N)C(=O)c2ccc(C)c(Cl)c2)cc(OC)c1OC. The van der Waals surface area contributed by atoms with E-state index in [1.807, 2.05) is 6.92 Å². The van der Waals surface area contributed by atoms with Gasteiger partial charge in [0.25, 0.3) is 0 Å². The van der Waals surface area contributed by atoms with Crippen molar-refractivity contribution in [3.05, 3.63) is 81.9 Å². The zero-order chi connectivity index (χ0) is 24.8. The number of ether oxygens (including phenoxy) is 4. The van der Waals surface area contributed by atoms with Crippen molar-refractivity contribution in [3.8, 4) is 23.0 Å². The molecule has 3 aromatic rings. The molecular formula is C25H23ClN2O6. The van der Waals surface area contributed by atoms with Crippen LogP contribution in [0.1, 0.15) is 31.8 Å². The second-order valence-electron chi connectivity index (χ2n) is 7.07. The van der Waals surface area contributed by atoms with Gasteiger partial charge in [0, 0.05) is 16.1 Å². The Morgan fingerprint density at radius 2 is 1.50 bits per heavy atom. The molecule has 3 rings (SSSR count). The highest BCUT2D eigenvalue weighted by Crippen LogP contribution is 2.38. The van der Waals surface area contributed by atoms with Crippen molar-refractivity contribution < 1.29 is 28.5 Å². The minimum atomic E-state index is -0.714. The highest BCUT2D eigenvalue weighted by molar-refractivity contribution is 6.52. The van der Waals surface area contributed by atoms with Gasteiger partial charge in [0.1, 0.15) is 11.5 Å². The van der Waals surface area contributed by atoms with Crippen LogP contribution in [0.4, 0.5) is 0 Å². The topological polar surface area (TPSA) is 109 Å². The van der Waals surface area contributed by atoms with Crippen molar-refractivity contribution in [3.63, 3.8) is 0 Å². The smallest absolute Gasteiger partial charge is 0.343 e. The summed E-state index contributed by atoms with van der Waals surface area (Å²) in [5, 5.41) is 4.12. The molecule has 0 saturated carbocycles. The number of methoxy groups -OCH3 is 3. The summed E-state index contributed by atoms with van der Waals surface area (Å²) in [4.78, 5) is 26.1. The maximum absolute atomic E-state index is 13.1. The van der Waals surface area contributed by atoms with Crippen LogP contribution in [0.25, 0.3) is 0 Å². The number of hydrazone groups is 1. The van der Waals surface area contributed by atoms with E-state index in [1.54, 1.807) is 30.3 Å². The molecule has 176 valence electrons. The Balaban J connectivity index is 1.97. The van der Waals surface area contributed by atoms with Crippen LogP contribution in [0.15, 0.2) is 59.7 Å². The second kappa shape index (κ2) is 10.7. The molecule has 0 radical (unpaired) electrons. The molecule has 2 N–H and O–H groups in total. The summed E-state index contributed by atoms with van der Waals surface area (Å²) in [6.45, 7) is 1.83. The first kappa shape index (κ1) is 24.6. The van der Waals surface area contributed by atoms with Crippen molar-refractivity contribution in [2.45, 2.75) is 6.92 Å². The molecule has 0 saturated heterocycles. The number of carbonyl (C=O) groups is 2. The summed E-state index contributed by atoms with van der Waals surface area (Å²) < 4.78 is 21.5. The third-order valence-corrected chi connectivity index (χ3v) is 5.43. The third kappa shape index (κ3) is 4.97. The molecular weight excluding hydrogens is 460 g/mol. The fraction of sp³-hybridized carbons (Fsp3) is 0.160. The number of hydrogen-bond acceptors (Lipinski definition) is 8. The van der Waals surface area contributed by atoms with E-state index in [9.17, 15) is 9.59 Å². The number of para-hydroxylation sites is 1. The molecule has 0 aliphatic carbocycles. The van der Waals surface area contributed by atoms with Gasteiger partial charge >= 0.3 is 5.97 Å². The lowest BCUT2D eigenvalue weighted by Gasteiger charge is -2.15. The Morgan fingerprint density at radius 1 is 0.853 bits per heavy atom. The number of rotatable bonds is 8. The quantitative estimate of drug-likeness (QED) is 0.126. The van der Waals surface area contributed by atoms with Gasteiger partial charge in [-0.05, 0) is 42.8 Å². The monoisotopic (exact) mass is 482 g/mol. The number of halogens is 1. The standard InChI is InChI=1S/C25H23ClN2O6/c1-14-9-10-15(11-18(14)26)23(29)22(28-27)17-7-5-6-8-19(17)34-25(30)16-12-20(31-2)24(33-4)21(13-16)32-3/h5-13H,27H2,1-4H3/b28-22+. The van der Waals surface area contributed by atoms with Crippen LogP contribution in [0.3, 0.4) is 0 Å². The first-order chi connectivity index (χ1) is 16.3. The number of hydrogen-bond donors (Lipinski definition) is 1. The molecule has 34 heavy (non-hydrogen) atoms. The number of nitrogens with zero attached hydrogens (tertiary/aromatic N) is 1. The fourth-order valence-corrected chi connectivity index (χ4v) is 3.41. The number of benzene rings is 3. The summed E-state index contributed by atoms with van der Waals surface area (Å²) in [6, 6.07) is 14.2. The molecule has 0 unspecified atom stereocenters. The van der Waals surface area contributed by atoms with Crippen LogP contribution < -0.4 is 24.8 Å². The van der Waals surface area contributed by atoms with Crippen molar-refractivity contribution in [1.29, 1.82) is 0 Å². The van der Waals surface area contributed by atoms with Crippen LogP contribution in [0.5, 0.6) is 23.0 Å². The fourth-order valence-electron chi connectivity index (χ4n) is 3.23. The largest absolute Gasteiger partial charge is 0.493 e. The van der Waals surface area contributed by atoms with Crippen molar-refractivity contribution in [1.82, 2.24) is 0 Å². The number of aryl methyl sites for hydroxylation is 1. The Morgan fingerprint density at radius 3 is 2.06 bits per heavy atom. The minimum Gasteiger partial charge on any atom is -0.493 e. The third-order valence-electron chi connectivity index (χ3n) is 5.02. The summed E-state index contributed by atoms with van der Waals surface area (Å²) >= 11 is 6.17. The van der Waals surface area contributed by atoms with Gasteiger partial charge in [0.15, 0.2) is 11.5 Å². The molecule has 0 fully saturated rings. The van der Waals surface area contributed by atoms with Crippen LogP contribution in [-0.4, -0.2) is 38.8 Å². The molecule has 0 aromatic heterocycles. The molecule has 0 spiro atoms. The summed E-state index contributed by atoms with van der Waals surface area (Å²) in [7, 11) is 4.34. The lowest BCUT2D eigenvalue weighted by Crippen LogP contribution is -2.20. The molecule has 9 heteroatoms. The maximum atomic E-state index is 13.1. The van der Waals surface area contributed by atoms with Crippen LogP contribution in [0, 0.1) is 6.92 Å². The molecule has 0 bridgehead atoms. The van der Waals surface area contributed by atoms with Gasteiger partial charge in [-0.2, -0.15) is 5.10 Å². The van der Waals surface area contributed by atoms with Gasteiger partial charge < -0.3 is 24.8 Å². The Bertz CT molecular complexity index is 1250. The number of nitrogens with two attached hydrogens (primary N) is 1. The zero-order valence-corrected chi connectivity index (χ0v) is 19.8. The Hall–Kier alpha value is -4.04. The van der Waals surface area contributed by atoms with Gasteiger partial charge in [0.2, 0.25) is 11.5 Å². The number of ketones is 1. The molecule has 0 amide bonds. The average Bonchev–Trinajstić information content (AvgIpc) is 2.85. The average molecular weight is 483 g/mol. The van der Waals surface area contributed by atoms with E-state index in [0.717, 1.165) is 5.56 Å². The summed E-state index contributed by atoms with van der Waals surface area (Å²) in [6.07, 6.45) is 0. The highest BCUT2D eigenvalue weighted by atomic mass is 35.5. The Labute approximate surface area is 201 Å². The van der Waals surface area contributed by atoms with E-state index in [0.29, 0.717) is 16.3 Å². The summed E-state index contributed by atoms with van der Waals surface area (Å²) in [5.74, 6) is 5.40. The van der Waals surface area contributed by atoms with Crippen molar-refractivity contribution >= 4 is 29.1 Å². The van der Waals surface area contributed by atoms with Crippen LogP contribution in [-0.2, 0) is 0 Å².